The highest BCUT2D eigenvalue weighted by Crippen LogP contribution is 2.22. The van der Waals surface area contributed by atoms with Gasteiger partial charge in [-0.1, -0.05) is 18.2 Å². The van der Waals surface area contributed by atoms with Crippen LogP contribution in [-0.4, -0.2) is 13.4 Å². The SMILES string of the molecule is O=S(=O)(Nc1cccc(F)c1)c1ccc(-c2ccncc2)cc1. The van der Waals surface area contributed by atoms with Crippen LogP contribution in [0.3, 0.4) is 0 Å². The van der Waals surface area contributed by atoms with Crippen LogP contribution in [0.1, 0.15) is 0 Å². The van der Waals surface area contributed by atoms with Gasteiger partial charge in [0.05, 0.1) is 10.6 Å². The number of nitrogens with zero attached hydrogens (tertiary/aromatic N) is 1. The molecule has 4 nitrogen and oxygen atoms in total. The Morgan fingerprint density at radius 1 is 0.870 bits per heavy atom. The van der Waals surface area contributed by atoms with Crippen LogP contribution in [0.4, 0.5) is 10.1 Å². The molecule has 3 rings (SSSR count). The normalized spacial score (nSPS) is 11.2. The van der Waals surface area contributed by atoms with Crippen LogP contribution in [0.2, 0.25) is 0 Å². The lowest BCUT2D eigenvalue weighted by molar-refractivity contribution is 0.601. The van der Waals surface area contributed by atoms with E-state index in [1.165, 1.54) is 30.3 Å². The summed E-state index contributed by atoms with van der Waals surface area (Å²) >= 11 is 0. The second kappa shape index (κ2) is 6.18. The Kier molecular flexibility index (Phi) is 4.08. The summed E-state index contributed by atoms with van der Waals surface area (Å²) in [6, 6.07) is 15.5. The molecule has 0 unspecified atom stereocenters. The molecule has 23 heavy (non-hydrogen) atoms. The van der Waals surface area contributed by atoms with Crippen molar-refractivity contribution in [2.45, 2.75) is 4.90 Å². The minimum absolute atomic E-state index is 0.111. The molecule has 0 aliphatic heterocycles. The summed E-state index contributed by atoms with van der Waals surface area (Å²) < 4.78 is 40.1. The molecule has 0 fully saturated rings. The fourth-order valence-electron chi connectivity index (χ4n) is 2.14. The lowest BCUT2D eigenvalue weighted by Crippen LogP contribution is -2.12. The number of hydrogen-bond acceptors (Lipinski definition) is 3. The Bertz CT molecular complexity index is 911. The molecule has 3 aromatic rings. The summed E-state index contributed by atoms with van der Waals surface area (Å²) in [5, 5.41) is 0. The lowest BCUT2D eigenvalue weighted by Gasteiger charge is -2.09. The van der Waals surface area contributed by atoms with Crippen LogP contribution in [0.5, 0.6) is 0 Å². The van der Waals surface area contributed by atoms with Crippen LogP contribution in [0, 0.1) is 5.82 Å². The third-order valence-electron chi connectivity index (χ3n) is 3.26. The topological polar surface area (TPSA) is 59.1 Å². The Morgan fingerprint density at radius 2 is 1.52 bits per heavy atom. The number of anilines is 1. The predicted molar refractivity (Wildman–Crippen MR) is 86.9 cm³/mol. The van der Waals surface area contributed by atoms with Crippen molar-refractivity contribution in [3.8, 4) is 11.1 Å². The second-order valence-corrected chi connectivity index (χ2v) is 6.56. The monoisotopic (exact) mass is 328 g/mol. The Hall–Kier alpha value is -2.73. The fraction of sp³-hybridized carbons (Fsp3) is 0. The smallest absolute Gasteiger partial charge is 0.261 e. The van der Waals surface area contributed by atoms with Crippen LogP contribution in [-0.2, 0) is 10.0 Å². The van der Waals surface area contributed by atoms with E-state index in [2.05, 4.69) is 9.71 Å². The van der Waals surface area contributed by atoms with E-state index < -0.39 is 15.8 Å². The Labute approximate surface area is 133 Å². The number of nitrogens with one attached hydrogen (secondary N) is 1. The van der Waals surface area contributed by atoms with Crippen LogP contribution >= 0.6 is 0 Å². The van der Waals surface area contributed by atoms with Crippen molar-refractivity contribution < 1.29 is 12.8 Å². The van der Waals surface area contributed by atoms with Crippen molar-refractivity contribution in [2.24, 2.45) is 0 Å². The zero-order chi connectivity index (χ0) is 16.3. The van der Waals surface area contributed by atoms with Gasteiger partial charge in [0.25, 0.3) is 10.0 Å². The highest BCUT2D eigenvalue weighted by molar-refractivity contribution is 7.92. The number of hydrogen-bond donors (Lipinski definition) is 1. The number of aromatic nitrogens is 1. The maximum atomic E-state index is 13.1. The van der Waals surface area contributed by atoms with Crippen molar-refractivity contribution in [1.29, 1.82) is 0 Å². The van der Waals surface area contributed by atoms with Gasteiger partial charge in [0.15, 0.2) is 0 Å². The van der Waals surface area contributed by atoms with Gasteiger partial charge in [-0.05, 0) is 53.6 Å². The minimum Gasteiger partial charge on any atom is -0.280 e. The summed E-state index contributed by atoms with van der Waals surface area (Å²) in [5.41, 5.74) is 2.02. The maximum absolute atomic E-state index is 13.1. The minimum atomic E-state index is -3.76. The number of sulfonamides is 1. The van der Waals surface area contributed by atoms with Gasteiger partial charge in [-0.2, -0.15) is 0 Å². The van der Waals surface area contributed by atoms with Gasteiger partial charge in [-0.3, -0.25) is 9.71 Å². The largest absolute Gasteiger partial charge is 0.280 e. The molecule has 1 heterocycles. The first-order valence-electron chi connectivity index (χ1n) is 6.83. The fourth-order valence-corrected chi connectivity index (χ4v) is 3.19. The summed E-state index contributed by atoms with van der Waals surface area (Å²) in [6.07, 6.45) is 3.34. The first-order chi connectivity index (χ1) is 11.0. The molecule has 1 aromatic heterocycles. The molecular formula is C17H13FN2O2S. The number of halogens is 1. The van der Waals surface area contributed by atoms with E-state index in [-0.39, 0.29) is 10.6 Å². The van der Waals surface area contributed by atoms with Crippen molar-refractivity contribution in [3.05, 3.63) is 78.9 Å². The average Bonchev–Trinajstić information content (AvgIpc) is 2.55. The van der Waals surface area contributed by atoms with E-state index >= 15 is 0 Å². The molecule has 1 N–H and O–H groups in total. The van der Waals surface area contributed by atoms with E-state index in [0.717, 1.165) is 17.2 Å². The predicted octanol–water partition coefficient (Wildman–Crippen LogP) is 3.69. The van der Waals surface area contributed by atoms with E-state index in [4.69, 9.17) is 0 Å². The first kappa shape index (κ1) is 15.2. The molecule has 2 aromatic carbocycles. The summed E-state index contributed by atoms with van der Waals surface area (Å²) in [5.74, 6) is -0.502. The zero-order valence-electron chi connectivity index (χ0n) is 12.0. The number of pyridine rings is 1. The van der Waals surface area contributed by atoms with E-state index in [1.807, 2.05) is 12.1 Å². The van der Waals surface area contributed by atoms with Crippen molar-refractivity contribution in [1.82, 2.24) is 4.98 Å². The molecule has 0 bridgehead atoms. The van der Waals surface area contributed by atoms with Gasteiger partial charge in [-0.25, -0.2) is 12.8 Å². The van der Waals surface area contributed by atoms with Crippen LogP contribution in [0.15, 0.2) is 78.0 Å². The van der Waals surface area contributed by atoms with Gasteiger partial charge in [0.2, 0.25) is 0 Å². The lowest BCUT2D eigenvalue weighted by atomic mass is 10.1. The Morgan fingerprint density at radius 3 is 2.17 bits per heavy atom. The highest BCUT2D eigenvalue weighted by Gasteiger charge is 2.14. The van der Waals surface area contributed by atoms with E-state index in [1.54, 1.807) is 24.5 Å². The standard InChI is InChI=1S/C17H13FN2O2S/c18-15-2-1-3-16(12-15)20-23(21,22)17-6-4-13(5-7-17)14-8-10-19-11-9-14/h1-12,20H. The molecule has 0 aliphatic rings. The molecule has 0 amide bonds. The van der Waals surface area contributed by atoms with Crippen molar-refractivity contribution in [3.63, 3.8) is 0 Å². The van der Waals surface area contributed by atoms with Crippen molar-refractivity contribution in [2.75, 3.05) is 4.72 Å². The van der Waals surface area contributed by atoms with Gasteiger partial charge < -0.3 is 0 Å². The summed E-state index contributed by atoms with van der Waals surface area (Å²) in [4.78, 5) is 4.06. The molecule has 116 valence electrons. The molecule has 0 spiro atoms. The van der Waals surface area contributed by atoms with Gasteiger partial charge in [0.1, 0.15) is 5.82 Å². The first-order valence-corrected chi connectivity index (χ1v) is 8.32. The molecule has 0 saturated carbocycles. The third kappa shape index (κ3) is 3.54. The van der Waals surface area contributed by atoms with E-state index in [0.29, 0.717) is 0 Å². The summed E-state index contributed by atoms with van der Waals surface area (Å²) in [6.45, 7) is 0. The van der Waals surface area contributed by atoms with Gasteiger partial charge in [0, 0.05) is 12.4 Å². The van der Waals surface area contributed by atoms with E-state index in [9.17, 15) is 12.8 Å². The average molecular weight is 328 g/mol. The molecule has 0 atom stereocenters. The van der Waals surface area contributed by atoms with Gasteiger partial charge in [-0.15, -0.1) is 0 Å². The second-order valence-electron chi connectivity index (χ2n) is 4.88. The molecule has 0 saturated heterocycles. The van der Waals surface area contributed by atoms with Crippen LogP contribution < -0.4 is 4.72 Å². The molecule has 6 heteroatoms. The van der Waals surface area contributed by atoms with Crippen LogP contribution in [0.25, 0.3) is 11.1 Å². The Balaban J connectivity index is 1.86. The van der Waals surface area contributed by atoms with Gasteiger partial charge >= 0.3 is 0 Å². The molecule has 0 aliphatic carbocycles. The third-order valence-corrected chi connectivity index (χ3v) is 4.65. The zero-order valence-corrected chi connectivity index (χ0v) is 12.8. The quantitative estimate of drug-likeness (QED) is 0.794. The molecule has 0 radical (unpaired) electrons. The summed E-state index contributed by atoms with van der Waals surface area (Å²) in [7, 11) is -3.76. The molecular weight excluding hydrogens is 315 g/mol. The maximum Gasteiger partial charge on any atom is 0.261 e. The van der Waals surface area contributed by atoms with Crippen molar-refractivity contribution >= 4 is 15.7 Å². The number of benzene rings is 2. The number of rotatable bonds is 4. The highest BCUT2D eigenvalue weighted by atomic mass is 32.2.